The normalized spacial score (nSPS) is 11.3. The number of hydrogen-bond acceptors (Lipinski definition) is 6. The molecule has 0 aliphatic heterocycles. The number of rotatable bonds is 6. The Kier molecular flexibility index (Phi) is 4.98. The molecular weight excluding hydrogens is 342 g/mol. The number of fused-ring (bicyclic) bond motifs is 1. The summed E-state index contributed by atoms with van der Waals surface area (Å²) in [5, 5.41) is 17.7. The van der Waals surface area contributed by atoms with Crippen LogP contribution in [0, 0.1) is 6.92 Å². The third-order valence-electron chi connectivity index (χ3n) is 4.03. The number of hydrogen-bond donors (Lipinski definition) is 2. The predicted molar refractivity (Wildman–Crippen MR) is 96.2 cm³/mol. The molecule has 0 aliphatic carbocycles. The molecule has 0 spiro atoms. The largest absolute Gasteiger partial charge is 0.508 e. The van der Waals surface area contributed by atoms with E-state index >= 15 is 0 Å². The van der Waals surface area contributed by atoms with Crippen LogP contribution >= 0.6 is 11.8 Å². The summed E-state index contributed by atoms with van der Waals surface area (Å²) in [6.45, 7) is 4.37. The smallest absolute Gasteiger partial charge is 0.343 e. The van der Waals surface area contributed by atoms with E-state index in [9.17, 15) is 14.7 Å². The van der Waals surface area contributed by atoms with Crippen LogP contribution in [0.2, 0.25) is 0 Å². The van der Waals surface area contributed by atoms with E-state index in [1.54, 1.807) is 23.6 Å². The first kappa shape index (κ1) is 17.3. The lowest BCUT2D eigenvalue weighted by Gasteiger charge is -2.08. The Hall–Kier alpha value is -2.48. The van der Waals surface area contributed by atoms with Gasteiger partial charge in [-0.3, -0.25) is 4.57 Å². The van der Waals surface area contributed by atoms with Crippen LogP contribution < -0.4 is 11.3 Å². The van der Waals surface area contributed by atoms with Crippen LogP contribution in [0.25, 0.3) is 11.0 Å². The number of aromatic hydroxyl groups is 1. The van der Waals surface area contributed by atoms with E-state index in [-0.39, 0.29) is 11.4 Å². The molecule has 0 aliphatic rings. The van der Waals surface area contributed by atoms with Gasteiger partial charge in [0.1, 0.15) is 11.3 Å². The van der Waals surface area contributed by atoms with E-state index < -0.39 is 5.63 Å². The molecular formula is C17H19N3O4S. The van der Waals surface area contributed by atoms with Crippen molar-refractivity contribution in [2.75, 3.05) is 0 Å². The van der Waals surface area contributed by atoms with Gasteiger partial charge in [-0.1, -0.05) is 25.1 Å². The van der Waals surface area contributed by atoms with E-state index in [2.05, 4.69) is 17.1 Å². The average molecular weight is 361 g/mol. The highest BCUT2D eigenvalue weighted by Crippen LogP contribution is 2.30. The molecule has 25 heavy (non-hydrogen) atoms. The third kappa shape index (κ3) is 3.48. The second-order valence-corrected chi connectivity index (χ2v) is 6.72. The fourth-order valence-electron chi connectivity index (χ4n) is 2.60. The van der Waals surface area contributed by atoms with Crippen molar-refractivity contribution in [3.05, 3.63) is 50.2 Å². The Morgan fingerprint density at radius 2 is 2.16 bits per heavy atom. The first-order valence-electron chi connectivity index (χ1n) is 8.04. The molecule has 0 bridgehead atoms. The summed E-state index contributed by atoms with van der Waals surface area (Å²) < 4.78 is 6.86. The lowest BCUT2D eigenvalue weighted by Crippen LogP contribution is -2.17. The second-order valence-electron chi connectivity index (χ2n) is 5.78. The van der Waals surface area contributed by atoms with Gasteiger partial charge in [0.25, 0.3) is 0 Å². The van der Waals surface area contributed by atoms with Crippen LogP contribution in [0.3, 0.4) is 0 Å². The van der Waals surface area contributed by atoms with Gasteiger partial charge in [-0.15, -0.1) is 5.10 Å². The van der Waals surface area contributed by atoms with Crippen LogP contribution in [0.5, 0.6) is 5.75 Å². The van der Waals surface area contributed by atoms with Gasteiger partial charge in [-0.05, 0) is 31.0 Å². The zero-order valence-electron chi connectivity index (χ0n) is 14.0. The number of nitrogens with one attached hydrogen (secondary N) is 1. The van der Waals surface area contributed by atoms with Crippen LogP contribution in [-0.2, 0) is 12.3 Å². The summed E-state index contributed by atoms with van der Waals surface area (Å²) in [5.74, 6) is 0.545. The molecule has 0 fully saturated rings. The number of aromatic nitrogens is 3. The highest BCUT2D eigenvalue weighted by molar-refractivity contribution is 7.98. The maximum Gasteiger partial charge on any atom is 0.343 e. The molecule has 2 heterocycles. The van der Waals surface area contributed by atoms with Crippen molar-refractivity contribution in [2.45, 2.75) is 44.1 Å². The summed E-state index contributed by atoms with van der Waals surface area (Å²) in [6, 6.07) is 4.75. The monoisotopic (exact) mass is 361 g/mol. The van der Waals surface area contributed by atoms with Crippen molar-refractivity contribution < 1.29 is 9.52 Å². The minimum Gasteiger partial charge on any atom is -0.508 e. The number of nitrogens with zero attached hydrogens (tertiary/aromatic N) is 2. The quantitative estimate of drug-likeness (QED) is 0.517. The minimum atomic E-state index is -0.470. The van der Waals surface area contributed by atoms with Crippen molar-refractivity contribution in [2.24, 2.45) is 0 Å². The number of phenols is 1. The second kappa shape index (κ2) is 7.18. The van der Waals surface area contributed by atoms with Crippen molar-refractivity contribution >= 4 is 22.7 Å². The molecule has 7 nitrogen and oxygen atoms in total. The number of aromatic amines is 1. The molecule has 0 atom stereocenters. The number of benzene rings is 1. The van der Waals surface area contributed by atoms with Crippen molar-refractivity contribution in [3.63, 3.8) is 0 Å². The molecule has 2 aromatic heterocycles. The van der Waals surface area contributed by atoms with Gasteiger partial charge < -0.3 is 9.52 Å². The van der Waals surface area contributed by atoms with E-state index in [0.29, 0.717) is 28.6 Å². The highest BCUT2D eigenvalue weighted by atomic mass is 32.2. The van der Waals surface area contributed by atoms with E-state index in [4.69, 9.17) is 4.42 Å². The molecule has 132 valence electrons. The summed E-state index contributed by atoms with van der Waals surface area (Å²) >= 11 is 1.38. The standard InChI is InChI=1S/C17H19N3O4S/c1-3-4-7-20-16(23)18-19-17(20)25-9-11-8-14(22)24-15-10(2)13(21)6-5-12(11)15/h5-6,8,21H,3-4,7,9H2,1-2H3,(H,18,23). The Morgan fingerprint density at radius 3 is 2.92 bits per heavy atom. The molecule has 1 aromatic carbocycles. The molecule has 0 saturated heterocycles. The summed E-state index contributed by atoms with van der Waals surface area (Å²) in [6.07, 6.45) is 1.87. The molecule has 2 N–H and O–H groups in total. The molecule has 0 amide bonds. The van der Waals surface area contributed by atoms with Gasteiger partial charge in [-0.2, -0.15) is 0 Å². The maximum atomic E-state index is 11.9. The van der Waals surface area contributed by atoms with Crippen LogP contribution in [0.15, 0.2) is 37.4 Å². The summed E-state index contributed by atoms with van der Waals surface area (Å²) in [7, 11) is 0. The Morgan fingerprint density at radius 1 is 1.36 bits per heavy atom. The van der Waals surface area contributed by atoms with Gasteiger partial charge in [0, 0.05) is 29.3 Å². The molecule has 8 heteroatoms. The highest BCUT2D eigenvalue weighted by Gasteiger charge is 2.13. The molecule has 3 rings (SSSR count). The van der Waals surface area contributed by atoms with Crippen LogP contribution in [0.1, 0.15) is 30.9 Å². The predicted octanol–water partition coefficient (Wildman–Crippen LogP) is 2.78. The molecule has 0 unspecified atom stereocenters. The van der Waals surface area contributed by atoms with Gasteiger partial charge in [0.05, 0.1) is 0 Å². The number of phenolic OH excluding ortho intramolecular Hbond substituents is 1. The first-order valence-corrected chi connectivity index (χ1v) is 9.03. The zero-order valence-corrected chi connectivity index (χ0v) is 14.9. The van der Waals surface area contributed by atoms with E-state index in [0.717, 1.165) is 23.8 Å². The zero-order chi connectivity index (χ0) is 18.0. The number of unbranched alkanes of at least 4 members (excludes halogenated alkanes) is 1. The molecule has 0 saturated carbocycles. The molecule has 3 aromatic rings. The first-order chi connectivity index (χ1) is 12.0. The van der Waals surface area contributed by atoms with Gasteiger partial charge >= 0.3 is 11.3 Å². The van der Waals surface area contributed by atoms with Crippen molar-refractivity contribution in [1.29, 1.82) is 0 Å². The van der Waals surface area contributed by atoms with Crippen molar-refractivity contribution in [3.8, 4) is 5.75 Å². The minimum absolute atomic E-state index is 0.0844. The molecule has 0 radical (unpaired) electrons. The fraction of sp³-hybridized carbons (Fsp3) is 0.353. The van der Waals surface area contributed by atoms with Gasteiger partial charge in [0.15, 0.2) is 5.16 Å². The Balaban J connectivity index is 1.93. The average Bonchev–Trinajstić information content (AvgIpc) is 2.94. The Bertz CT molecular complexity index is 1020. The van der Waals surface area contributed by atoms with Gasteiger partial charge in [-0.25, -0.2) is 14.7 Å². The third-order valence-corrected chi connectivity index (χ3v) is 5.06. The number of aryl methyl sites for hydroxylation is 1. The van der Waals surface area contributed by atoms with Crippen LogP contribution in [-0.4, -0.2) is 19.9 Å². The van der Waals surface area contributed by atoms with Crippen LogP contribution in [0.4, 0.5) is 0 Å². The number of H-pyrrole nitrogens is 1. The van der Waals surface area contributed by atoms with E-state index in [1.807, 2.05) is 0 Å². The SMILES string of the molecule is CCCCn1c(SCc2cc(=O)oc3c(C)c(O)ccc23)n[nH]c1=O. The summed E-state index contributed by atoms with van der Waals surface area (Å²) in [4.78, 5) is 23.7. The Labute approximate surface area is 147 Å². The summed E-state index contributed by atoms with van der Waals surface area (Å²) in [5.41, 5.74) is 0.989. The lowest BCUT2D eigenvalue weighted by atomic mass is 10.1. The van der Waals surface area contributed by atoms with E-state index in [1.165, 1.54) is 17.8 Å². The van der Waals surface area contributed by atoms with Gasteiger partial charge in [0.2, 0.25) is 0 Å². The fourth-order valence-corrected chi connectivity index (χ4v) is 3.57. The maximum absolute atomic E-state index is 11.9. The number of thioether (sulfide) groups is 1. The van der Waals surface area contributed by atoms with Crippen molar-refractivity contribution in [1.82, 2.24) is 14.8 Å². The topological polar surface area (TPSA) is 101 Å². The lowest BCUT2D eigenvalue weighted by molar-refractivity contribution is 0.468.